The first-order valence-electron chi connectivity index (χ1n) is 9.17. The molecule has 1 aliphatic heterocycles. The summed E-state index contributed by atoms with van der Waals surface area (Å²) >= 11 is 0. The van der Waals surface area contributed by atoms with Crippen molar-refractivity contribution in [3.8, 4) is 0 Å². The van der Waals surface area contributed by atoms with Crippen molar-refractivity contribution in [2.24, 2.45) is 0 Å². The summed E-state index contributed by atoms with van der Waals surface area (Å²) in [5.74, 6) is 0.155. The molecular weight excluding hydrogens is 346 g/mol. The van der Waals surface area contributed by atoms with Crippen molar-refractivity contribution >= 4 is 17.5 Å². The molecule has 1 amide bonds. The Morgan fingerprint density at radius 2 is 1.67 bits per heavy atom. The molecule has 8 heteroatoms. The van der Waals surface area contributed by atoms with Crippen LogP contribution in [0.3, 0.4) is 0 Å². The standard InChI is InChI=1S/C19H25N5O3/c1-13(2)24(14(3)4)16(25)12-23-18(27)17(26)22-11-10-21(19(22)20-23)15-8-6-5-7-9-15/h5-9,13-14H,10-12H2,1-4H3. The number of carbonyl (C=O) groups is 1. The number of fused-ring (bicyclic) bond motifs is 1. The first-order valence-corrected chi connectivity index (χ1v) is 9.17. The second-order valence-corrected chi connectivity index (χ2v) is 7.20. The van der Waals surface area contributed by atoms with Crippen LogP contribution in [0.15, 0.2) is 39.9 Å². The maximum absolute atomic E-state index is 12.7. The van der Waals surface area contributed by atoms with Gasteiger partial charge in [-0.3, -0.25) is 19.0 Å². The van der Waals surface area contributed by atoms with Gasteiger partial charge >= 0.3 is 11.1 Å². The van der Waals surface area contributed by atoms with E-state index < -0.39 is 11.1 Å². The summed E-state index contributed by atoms with van der Waals surface area (Å²) in [6.07, 6.45) is 0. The van der Waals surface area contributed by atoms with Crippen molar-refractivity contribution < 1.29 is 4.79 Å². The van der Waals surface area contributed by atoms with Gasteiger partial charge in [0, 0.05) is 30.9 Å². The average Bonchev–Trinajstić information content (AvgIpc) is 3.03. The summed E-state index contributed by atoms with van der Waals surface area (Å²) in [5, 5.41) is 4.36. The van der Waals surface area contributed by atoms with Crippen molar-refractivity contribution in [1.29, 1.82) is 0 Å². The number of carbonyl (C=O) groups excluding carboxylic acids is 1. The van der Waals surface area contributed by atoms with E-state index in [9.17, 15) is 14.4 Å². The van der Waals surface area contributed by atoms with Gasteiger partial charge in [-0.05, 0) is 39.8 Å². The van der Waals surface area contributed by atoms with E-state index in [2.05, 4.69) is 5.10 Å². The number of benzene rings is 1. The number of rotatable bonds is 5. The van der Waals surface area contributed by atoms with Gasteiger partial charge < -0.3 is 9.80 Å². The molecule has 0 spiro atoms. The highest BCUT2D eigenvalue weighted by Crippen LogP contribution is 2.25. The Morgan fingerprint density at radius 1 is 1.04 bits per heavy atom. The van der Waals surface area contributed by atoms with Crippen LogP contribution >= 0.6 is 0 Å². The summed E-state index contributed by atoms with van der Waals surface area (Å²) in [6, 6.07) is 9.53. The third-order valence-electron chi connectivity index (χ3n) is 4.66. The Morgan fingerprint density at radius 3 is 2.26 bits per heavy atom. The van der Waals surface area contributed by atoms with Crippen molar-refractivity contribution in [3.05, 3.63) is 51.0 Å². The third-order valence-corrected chi connectivity index (χ3v) is 4.66. The molecule has 144 valence electrons. The molecule has 0 unspecified atom stereocenters. The molecule has 0 aliphatic carbocycles. The second-order valence-electron chi connectivity index (χ2n) is 7.20. The largest absolute Gasteiger partial charge is 0.336 e. The molecule has 0 N–H and O–H groups in total. The van der Waals surface area contributed by atoms with Crippen LogP contribution in [0.2, 0.25) is 0 Å². The number of anilines is 2. The first kappa shape index (κ1) is 18.9. The predicted molar refractivity (Wildman–Crippen MR) is 103 cm³/mol. The van der Waals surface area contributed by atoms with Crippen LogP contribution in [-0.2, 0) is 17.9 Å². The third kappa shape index (κ3) is 3.51. The lowest BCUT2D eigenvalue weighted by Gasteiger charge is -2.30. The van der Waals surface area contributed by atoms with E-state index >= 15 is 0 Å². The van der Waals surface area contributed by atoms with E-state index in [0.717, 1.165) is 10.4 Å². The quantitative estimate of drug-likeness (QED) is 0.738. The predicted octanol–water partition coefficient (Wildman–Crippen LogP) is 1.20. The Kier molecular flexibility index (Phi) is 5.16. The van der Waals surface area contributed by atoms with E-state index in [4.69, 9.17) is 0 Å². The topological polar surface area (TPSA) is 80.4 Å². The summed E-state index contributed by atoms with van der Waals surface area (Å²) in [4.78, 5) is 41.2. The Balaban J connectivity index is 1.99. The lowest BCUT2D eigenvalue weighted by atomic mass is 10.2. The average molecular weight is 371 g/mol. The molecule has 2 aromatic rings. The molecule has 0 radical (unpaired) electrons. The minimum atomic E-state index is -0.769. The van der Waals surface area contributed by atoms with E-state index in [1.165, 1.54) is 4.57 Å². The molecule has 0 saturated carbocycles. The minimum absolute atomic E-state index is 0.00968. The second kappa shape index (κ2) is 7.38. The SMILES string of the molecule is CC(C)N(C(=O)Cn1nc2n(c(=O)c1=O)CCN2c1ccccc1)C(C)C. The fourth-order valence-corrected chi connectivity index (χ4v) is 3.57. The Hall–Kier alpha value is -2.90. The fraction of sp³-hybridized carbons (Fsp3) is 0.474. The zero-order valence-corrected chi connectivity index (χ0v) is 16.1. The number of para-hydroxylation sites is 1. The molecule has 0 bridgehead atoms. The molecule has 27 heavy (non-hydrogen) atoms. The molecule has 1 aliphatic rings. The minimum Gasteiger partial charge on any atom is -0.336 e. The van der Waals surface area contributed by atoms with Crippen molar-refractivity contribution in [2.45, 2.75) is 52.9 Å². The van der Waals surface area contributed by atoms with Crippen LogP contribution in [0, 0.1) is 0 Å². The number of hydrogen-bond acceptors (Lipinski definition) is 5. The van der Waals surface area contributed by atoms with E-state index in [1.54, 1.807) is 4.90 Å². The van der Waals surface area contributed by atoms with E-state index in [1.807, 2.05) is 62.9 Å². The molecule has 0 fully saturated rings. The molecule has 2 heterocycles. The van der Waals surface area contributed by atoms with Crippen molar-refractivity contribution in [3.63, 3.8) is 0 Å². The fourth-order valence-electron chi connectivity index (χ4n) is 3.57. The highest BCUT2D eigenvalue weighted by molar-refractivity contribution is 5.76. The van der Waals surface area contributed by atoms with Crippen molar-refractivity contribution in [2.75, 3.05) is 11.4 Å². The normalized spacial score (nSPS) is 13.3. The van der Waals surface area contributed by atoms with Crippen LogP contribution < -0.4 is 16.0 Å². The van der Waals surface area contributed by atoms with E-state index in [-0.39, 0.29) is 24.5 Å². The molecule has 8 nitrogen and oxygen atoms in total. The highest BCUT2D eigenvalue weighted by atomic mass is 16.2. The zero-order chi connectivity index (χ0) is 19.7. The zero-order valence-electron chi connectivity index (χ0n) is 16.1. The van der Waals surface area contributed by atoms with Gasteiger partial charge in [-0.2, -0.15) is 0 Å². The van der Waals surface area contributed by atoms with Crippen LogP contribution in [0.25, 0.3) is 0 Å². The van der Waals surface area contributed by atoms with Gasteiger partial charge in [0.2, 0.25) is 11.9 Å². The molecule has 1 aromatic heterocycles. The maximum Gasteiger partial charge on any atom is 0.333 e. The van der Waals surface area contributed by atoms with Gasteiger partial charge in [0.05, 0.1) is 0 Å². The van der Waals surface area contributed by atoms with Crippen LogP contribution in [-0.4, -0.2) is 43.8 Å². The van der Waals surface area contributed by atoms with Gasteiger partial charge in [0.25, 0.3) is 0 Å². The summed E-state index contributed by atoms with van der Waals surface area (Å²) in [6.45, 7) is 8.37. The molecule has 3 rings (SSSR count). The van der Waals surface area contributed by atoms with Gasteiger partial charge in [-0.1, -0.05) is 18.2 Å². The summed E-state index contributed by atoms with van der Waals surface area (Å²) in [7, 11) is 0. The summed E-state index contributed by atoms with van der Waals surface area (Å²) in [5.41, 5.74) is -0.528. The Labute approximate surface area is 157 Å². The molecule has 0 atom stereocenters. The highest BCUT2D eigenvalue weighted by Gasteiger charge is 2.27. The lowest BCUT2D eigenvalue weighted by Crippen LogP contribution is -2.48. The molecular formula is C19H25N5O3. The number of aromatic nitrogens is 3. The van der Waals surface area contributed by atoms with Gasteiger partial charge in [0.15, 0.2) is 0 Å². The van der Waals surface area contributed by atoms with E-state index in [0.29, 0.717) is 19.0 Å². The van der Waals surface area contributed by atoms with Gasteiger partial charge in [-0.15, -0.1) is 5.10 Å². The Bertz CT molecular complexity index is 938. The lowest BCUT2D eigenvalue weighted by molar-refractivity contribution is -0.135. The molecule has 1 aromatic carbocycles. The number of nitrogens with zero attached hydrogens (tertiary/aromatic N) is 5. The summed E-state index contributed by atoms with van der Waals surface area (Å²) < 4.78 is 2.37. The number of hydrogen-bond donors (Lipinski definition) is 0. The first-order chi connectivity index (χ1) is 12.8. The smallest absolute Gasteiger partial charge is 0.333 e. The maximum atomic E-state index is 12.7. The van der Waals surface area contributed by atoms with Crippen LogP contribution in [0.1, 0.15) is 27.7 Å². The molecule has 0 saturated heterocycles. The van der Waals surface area contributed by atoms with Crippen LogP contribution in [0.5, 0.6) is 0 Å². The number of amides is 1. The van der Waals surface area contributed by atoms with Gasteiger partial charge in [-0.25, -0.2) is 4.68 Å². The monoisotopic (exact) mass is 371 g/mol. The van der Waals surface area contributed by atoms with Crippen LogP contribution in [0.4, 0.5) is 11.6 Å². The van der Waals surface area contributed by atoms with Gasteiger partial charge in [0.1, 0.15) is 6.54 Å². The van der Waals surface area contributed by atoms with Crippen molar-refractivity contribution in [1.82, 2.24) is 19.2 Å².